The van der Waals surface area contributed by atoms with Crippen LogP contribution in [0.25, 0.3) is 6.08 Å². The summed E-state index contributed by atoms with van der Waals surface area (Å²) in [4.78, 5) is 4.15. The average Bonchev–Trinajstić information content (AvgIpc) is 2.48. The molecule has 4 nitrogen and oxygen atoms in total. The number of aromatic amines is 1. The van der Waals surface area contributed by atoms with Crippen molar-refractivity contribution in [3.63, 3.8) is 0 Å². The summed E-state index contributed by atoms with van der Waals surface area (Å²) in [6.07, 6.45) is 3.67. The molecule has 0 aromatic carbocycles. The van der Waals surface area contributed by atoms with Crippen molar-refractivity contribution in [1.82, 2.24) is 10.2 Å². The number of hydrogen-bond acceptors (Lipinski definition) is 3. The van der Waals surface area contributed by atoms with Crippen LogP contribution in [0.2, 0.25) is 0 Å². The smallest absolute Gasteiger partial charge is 0.138 e. The van der Waals surface area contributed by atoms with Crippen LogP contribution in [0, 0.1) is 11.3 Å². The molecule has 0 saturated carbocycles. The fraction of sp³-hybridized carbons (Fsp3) is 0.222. The molecule has 2 heterocycles. The summed E-state index contributed by atoms with van der Waals surface area (Å²) >= 11 is 0. The molecule has 13 heavy (non-hydrogen) atoms. The number of nitriles is 1. The van der Waals surface area contributed by atoms with Gasteiger partial charge in [0, 0.05) is 5.56 Å². The Balaban J connectivity index is 2.51. The van der Waals surface area contributed by atoms with Crippen LogP contribution in [0.15, 0.2) is 16.8 Å². The largest absolute Gasteiger partial charge is 0.280 e. The summed E-state index contributed by atoms with van der Waals surface area (Å²) in [6.45, 7) is 2.39. The van der Waals surface area contributed by atoms with E-state index in [0.717, 1.165) is 16.8 Å². The molecule has 0 atom stereocenters. The second-order valence-electron chi connectivity index (χ2n) is 2.91. The van der Waals surface area contributed by atoms with Gasteiger partial charge in [0.15, 0.2) is 0 Å². The second-order valence-corrected chi connectivity index (χ2v) is 2.91. The summed E-state index contributed by atoms with van der Waals surface area (Å²) in [5, 5.41) is 15.5. The SMILES string of the molecule is CC1=Cc2cn[nH]c2CN=C1C#N. The highest BCUT2D eigenvalue weighted by molar-refractivity contribution is 6.13. The van der Waals surface area contributed by atoms with Gasteiger partial charge in [0.1, 0.15) is 11.8 Å². The van der Waals surface area contributed by atoms with Crippen molar-refractivity contribution in [2.24, 2.45) is 4.99 Å². The normalized spacial score (nSPS) is 15.1. The Labute approximate surface area is 75.6 Å². The Morgan fingerprint density at radius 1 is 1.62 bits per heavy atom. The molecule has 0 amide bonds. The molecular weight excluding hydrogens is 164 g/mol. The highest BCUT2D eigenvalue weighted by atomic mass is 15.1. The van der Waals surface area contributed by atoms with Gasteiger partial charge in [0.25, 0.3) is 0 Å². The van der Waals surface area contributed by atoms with Crippen molar-refractivity contribution in [2.45, 2.75) is 13.5 Å². The number of fused-ring (bicyclic) bond motifs is 1. The zero-order valence-electron chi connectivity index (χ0n) is 7.20. The molecule has 1 aliphatic rings. The molecule has 0 bridgehead atoms. The van der Waals surface area contributed by atoms with Crippen molar-refractivity contribution in [3.05, 3.63) is 23.0 Å². The van der Waals surface area contributed by atoms with Gasteiger partial charge in [-0.15, -0.1) is 0 Å². The summed E-state index contributed by atoms with van der Waals surface area (Å²) in [5.74, 6) is 0. The molecule has 2 rings (SSSR count). The van der Waals surface area contributed by atoms with Crippen molar-refractivity contribution < 1.29 is 0 Å². The van der Waals surface area contributed by atoms with Crippen LogP contribution in [0.3, 0.4) is 0 Å². The van der Waals surface area contributed by atoms with E-state index in [-0.39, 0.29) is 0 Å². The van der Waals surface area contributed by atoms with Gasteiger partial charge >= 0.3 is 0 Å². The number of rotatable bonds is 0. The number of aromatic nitrogens is 2. The number of nitrogens with zero attached hydrogens (tertiary/aromatic N) is 3. The van der Waals surface area contributed by atoms with Gasteiger partial charge in [-0.3, -0.25) is 10.1 Å². The lowest BCUT2D eigenvalue weighted by molar-refractivity contribution is 0.948. The summed E-state index contributed by atoms with van der Waals surface area (Å²) < 4.78 is 0. The number of allylic oxidation sites excluding steroid dienone is 1. The number of H-pyrrole nitrogens is 1. The van der Waals surface area contributed by atoms with Crippen molar-refractivity contribution in [2.75, 3.05) is 0 Å². The van der Waals surface area contributed by atoms with E-state index in [4.69, 9.17) is 5.26 Å². The van der Waals surface area contributed by atoms with Crippen LogP contribution in [-0.2, 0) is 6.54 Å². The zero-order valence-corrected chi connectivity index (χ0v) is 7.20. The van der Waals surface area contributed by atoms with E-state index in [1.54, 1.807) is 6.20 Å². The van der Waals surface area contributed by atoms with E-state index in [0.29, 0.717) is 12.3 Å². The van der Waals surface area contributed by atoms with Gasteiger partial charge in [0.05, 0.1) is 18.4 Å². The first kappa shape index (κ1) is 7.74. The fourth-order valence-electron chi connectivity index (χ4n) is 1.28. The zero-order chi connectivity index (χ0) is 9.26. The standard InChI is InChI=1S/C9H8N4/c1-6-2-7-4-12-13-9(7)5-11-8(6)3-10/h2,4H,5H2,1H3,(H,12,13). The minimum Gasteiger partial charge on any atom is -0.280 e. The molecule has 0 saturated heterocycles. The number of nitrogens with one attached hydrogen (secondary N) is 1. The molecule has 1 aromatic rings. The van der Waals surface area contributed by atoms with Gasteiger partial charge in [-0.1, -0.05) is 0 Å². The molecule has 1 N–H and O–H groups in total. The van der Waals surface area contributed by atoms with E-state index >= 15 is 0 Å². The van der Waals surface area contributed by atoms with Crippen molar-refractivity contribution in [1.29, 1.82) is 5.26 Å². The number of hydrogen-bond donors (Lipinski definition) is 1. The van der Waals surface area contributed by atoms with Crippen molar-refractivity contribution >= 4 is 11.8 Å². The quantitative estimate of drug-likeness (QED) is 0.640. The third-order valence-electron chi connectivity index (χ3n) is 2.00. The Bertz CT molecular complexity index is 431. The van der Waals surface area contributed by atoms with Gasteiger partial charge in [0.2, 0.25) is 0 Å². The van der Waals surface area contributed by atoms with Crippen LogP contribution >= 0.6 is 0 Å². The summed E-state index contributed by atoms with van der Waals surface area (Å²) in [5.41, 5.74) is 3.38. The minimum atomic E-state index is 0.504. The maximum absolute atomic E-state index is 8.76. The third-order valence-corrected chi connectivity index (χ3v) is 2.00. The Kier molecular flexibility index (Phi) is 1.71. The first-order valence-corrected chi connectivity index (χ1v) is 3.96. The lowest BCUT2D eigenvalue weighted by atomic mass is 10.1. The fourth-order valence-corrected chi connectivity index (χ4v) is 1.28. The Morgan fingerprint density at radius 2 is 2.46 bits per heavy atom. The van der Waals surface area contributed by atoms with E-state index in [1.807, 2.05) is 13.0 Å². The lowest BCUT2D eigenvalue weighted by Gasteiger charge is -1.91. The topological polar surface area (TPSA) is 64.8 Å². The molecule has 0 fully saturated rings. The monoisotopic (exact) mass is 172 g/mol. The Hall–Kier alpha value is -1.89. The van der Waals surface area contributed by atoms with Crippen LogP contribution in [0.5, 0.6) is 0 Å². The predicted octanol–water partition coefficient (Wildman–Crippen LogP) is 1.29. The van der Waals surface area contributed by atoms with Crippen LogP contribution < -0.4 is 0 Å². The molecule has 0 spiro atoms. The molecular formula is C9H8N4. The average molecular weight is 172 g/mol. The second kappa shape index (κ2) is 2.87. The predicted molar refractivity (Wildman–Crippen MR) is 49.0 cm³/mol. The van der Waals surface area contributed by atoms with E-state index in [1.165, 1.54) is 0 Å². The maximum Gasteiger partial charge on any atom is 0.138 e. The van der Waals surface area contributed by atoms with E-state index in [2.05, 4.69) is 21.3 Å². The molecule has 1 aliphatic heterocycles. The van der Waals surface area contributed by atoms with Crippen molar-refractivity contribution in [3.8, 4) is 6.07 Å². The molecule has 0 radical (unpaired) electrons. The van der Waals surface area contributed by atoms with E-state index < -0.39 is 0 Å². The highest BCUT2D eigenvalue weighted by Crippen LogP contribution is 2.16. The molecule has 64 valence electrons. The summed E-state index contributed by atoms with van der Waals surface area (Å²) in [7, 11) is 0. The third kappa shape index (κ3) is 1.25. The van der Waals surface area contributed by atoms with Crippen LogP contribution in [0.4, 0.5) is 0 Å². The Morgan fingerprint density at radius 3 is 3.23 bits per heavy atom. The first-order chi connectivity index (χ1) is 6.31. The number of aliphatic imine (C=N–C) groups is 1. The first-order valence-electron chi connectivity index (χ1n) is 3.96. The van der Waals surface area contributed by atoms with Gasteiger partial charge in [-0.2, -0.15) is 10.4 Å². The van der Waals surface area contributed by atoms with Gasteiger partial charge < -0.3 is 0 Å². The summed E-state index contributed by atoms with van der Waals surface area (Å²) in [6, 6.07) is 2.07. The highest BCUT2D eigenvalue weighted by Gasteiger charge is 2.09. The molecule has 4 heteroatoms. The maximum atomic E-state index is 8.76. The minimum absolute atomic E-state index is 0.504. The molecule has 1 aromatic heterocycles. The van der Waals surface area contributed by atoms with Crippen LogP contribution in [-0.4, -0.2) is 15.9 Å². The molecule has 0 aliphatic carbocycles. The van der Waals surface area contributed by atoms with Gasteiger partial charge in [-0.05, 0) is 18.6 Å². The van der Waals surface area contributed by atoms with Crippen LogP contribution in [0.1, 0.15) is 18.2 Å². The van der Waals surface area contributed by atoms with Gasteiger partial charge in [-0.25, -0.2) is 0 Å². The lowest BCUT2D eigenvalue weighted by Crippen LogP contribution is -1.94. The molecule has 0 unspecified atom stereocenters. The van der Waals surface area contributed by atoms with E-state index in [9.17, 15) is 0 Å².